The lowest BCUT2D eigenvalue weighted by Gasteiger charge is -2.29. The molecule has 2 rings (SSSR count). The van der Waals surface area contributed by atoms with Gasteiger partial charge in [-0.25, -0.2) is 9.00 Å². The Labute approximate surface area is 133 Å². The molecule has 2 aromatic rings. The molecule has 0 saturated heterocycles. The molecular formula is C14H14N2O6S. The summed E-state index contributed by atoms with van der Waals surface area (Å²) in [5.74, 6) is -2.54. The summed E-state index contributed by atoms with van der Waals surface area (Å²) in [5.41, 5.74) is 4.35. The van der Waals surface area contributed by atoms with Crippen LogP contribution in [0.5, 0.6) is 5.75 Å². The van der Waals surface area contributed by atoms with E-state index in [0.29, 0.717) is 0 Å². The Balaban J connectivity index is 2.90. The van der Waals surface area contributed by atoms with E-state index >= 15 is 0 Å². The van der Waals surface area contributed by atoms with Crippen molar-refractivity contribution in [1.29, 1.82) is 0 Å². The quantitative estimate of drug-likeness (QED) is 0.582. The van der Waals surface area contributed by atoms with E-state index in [1.165, 1.54) is 19.2 Å². The van der Waals surface area contributed by atoms with Gasteiger partial charge in [-0.3, -0.25) is 4.79 Å². The maximum Gasteiger partial charge on any atom is 0.356 e. The number of pyridine rings is 1. The average molecular weight is 338 g/mol. The van der Waals surface area contributed by atoms with Gasteiger partial charge in [-0.15, -0.1) is 0 Å². The number of rotatable bonds is 4. The molecule has 0 fully saturated rings. The number of carbonyl (C=O) groups is 1. The van der Waals surface area contributed by atoms with Crippen molar-refractivity contribution in [2.45, 2.75) is 4.87 Å². The first-order valence-corrected chi connectivity index (χ1v) is 7.44. The number of carboxylic acid groups (broad SMARTS) is 1. The zero-order valence-corrected chi connectivity index (χ0v) is 12.8. The molecule has 0 saturated carbocycles. The first-order valence-electron chi connectivity index (χ1n) is 6.33. The summed E-state index contributed by atoms with van der Waals surface area (Å²) in [6, 6.07) is 8.64. The van der Waals surface area contributed by atoms with Gasteiger partial charge < -0.3 is 25.1 Å². The van der Waals surface area contributed by atoms with Crippen molar-refractivity contribution >= 4 is 17.0 Å². The van der Waals surface area contributed by atoms with Crippen LogP contribution in [-0.2, 0) is 23.0 Å². The van der Waals surface area contributed by atoms with Gasteiger partial charge in [0.1, 0.15) is 0 Å². The van der Waals surface area contributed by atoms with Crippen LogP contribution in [0.25, 0.3) is 0 Å². The first kappa shape index (κ1) is 16.9. The van der Waals surface area contributed by atoms with Crippen molar-refractivity contribution in [3.05, 3.63) is 63.6 Å². The van der Waals surface area contributed by atoms with E-state index in [-0.39, 0.29) is 11.3 Å². The summed E-state index contributed by atoms with van der Waals surface area (Å²) in [6.07, 6.45) is 0. The van der Waals surface area contributed by atoms with Crippen LogP contribution in [0, 0.1) is 0 Å². The molecule has 122 valence electrons. The highest BCUT2D eigenvalue weighted by atomic mass is 32.2. The van der Waals surface area contributed by atoms with E-state index in [1.807, 2.05) is 0 Å². The number of aromatic nitrogens is 1. The van der Waals surface area contributed by atoms with Gasteiger partial charge in [-0.05, 0) is 5.56 Å². The van der Waals surface area contributed by atoms with E-state index < -0.39 is 38.8 Å². The van der Waals surface area contributed by atoms with Gasteiger partial charge in [0.2, 0.25) is 5.43 Å². The molecule has 0 aliphatic heterocycles. The van der Waals surface area contributed by atoms with E-state index in [1.54, 1.807) is 18.2 Å². The fourth-order valence-electron chi connectivity index (χ4n) is 2.31. The number of nitrogens with zero attached hydrogens (tertiary/aromatic N) is 1. The molecule has 1 heterocycles. The molecular weight excluding hydrogens is 324 g/mol. The molecule has 0 aliphatic rings. The van der Waals surface area contributed by atoms with E-state index in [9.17, 15) is 28.6 Å². The Bertz CT molecular complexity index is 848. The van der Waals surface area contributed by atoms with Gasteiger partial charge in [0.25, 0.3) is 0 Å². The molecule has 8 nitrogen and oxygen atoms in total. The minimum atomic E-state index is -2.67. The lowest BCUT2D eigenvalue weighted by molar-refractivity contribution is 0.0680. The van der Waals surface area contributed by atoms with Gasteiger partial charge in [0.05, 0.1) is 5.69 Å². The third kappa shape index (κ3) is 2.65. The number of aromatic hydroxyl groups is 1. The zero-order chi connectivity index (χ0) is 17.4. The van der Waals surface area contributed by atoms with E-state index in [2.05, 4.69) is 0 Å². The first-order chi connectivity index (χ1) is 10.7. The molecule has 0 radical (unpaired) electrons. The van der Waals surface area contributed by atoms with Crippen LogP contribution in [0.1, 0.15) is 21.7 Å². The molecule has 0 bridgehead atoms. The smallest absolute Gasteiger partial charge is 0.356 e. The van der Waals surface area contributed by atoms with Gasteiger partial charge >= 0.3 is 5.97 Å². The largest absolute Gasteiger partial charge is 0.502 e. The lowest BCUT2D eigenvalue weighted by atomic mass is 10.0. The van der Waals surface area contributed by atoms with Crippen LogP contribution in [0.3, 0.4) is 0 Å². The van der Waals surface area contributed by atoms with E-state index in [0.717, 1.165) is 10.6 Å². The SMILES string of the molecule is Cn1c(C(N)(c2ccccc2)S(=O)O)cc(=O)c(O)c1C(=O)O. The molecule has 1 aromatic carbocycles. The minimum Gasteiger partial charge on any atom is -0.502 e. The maximum atomic E-state index is 11.9. The summed E-state index contributed by atoms with van der Waals surface area (Å²) < 4.78 is 22.5. The average Bonchev–Trinajstić information content (AvgIpc) is 2.50. The normalized spacial score (nSPS) is 14.9. The number of benzene rings is 1. The van der Waals surface area contributed by atoms with Gasteiger partial charge in [0.15, 0.2) is 27.4 Å². The zero-order valence-electron chi connectivity index (χ0n) is 12.0. The van der Waals surface area contributed by atoms with Crippen LogP contribution in [0.4, 0.5) is 0 Å². The van der Waals surface area contributed by atoms with Crippen LogP contribution in [0.2, 0.25) is 0 Å². The monoisotopic (exact) mass is 338 g/mol. The molecule has 23 heavy (non-hydrogen) atoms. The number of hydrogen-bond acceptors (Lipinski definition) is 5. The fraction of sp³-hybridized carbons (Fsp3) is 0.143. The molecule has 1 aromatic heterocycles. The predicted molar refractivity (Wildman–Crippen MR) is 82.5 cm³/mol. The molecule has 2 unspecified atom stereocenters. The number of carboxylic acids is 1. The fourth-order valence-corrected chi connectivity index (χ4v) is 3.02. The highest BCUT2D eigenvalue weighted by Gasteiger charge is 2.40. The van der Waals surface area contributed by atoms with Gasteiger partial charge in [0, 0.05) is 13.1 Å². The van der Waals surface area contributed by atoms with Crippen LogP contribution >= 0.6 is 0 Å². The lowest BCUT2D eigenvalue weighted by Crippen LogP contribution is -2.45. The molecule has 0 spiro atoms. The van der Waals surface area contributed by atoms with Crippen LogP contribution in [-0.4, -0.2) is 29.5 Å². The number of nitrogens with two attached hydrogens (primary N) is 1. The third-order valence-electron chi connectivity index (χ3n) is 3.48. The Kier molecular flexibility index (Phi) is 4.37. The second-order valence-electron chi connectivity index (χ2n) is 4.81. The summed E-state index contributed by atoms with van der Waals surface area (Å²) in [5, 5.41) is 18.8. The van der Waals surface area contributed by atoms with Crippen molar-refractivity contribution < 1.29 is 23.8 Å². The van der Waals surface area contributed by atoms with Crippen molar-refractivity contribution in [3.63, 3.8) is 0 Å². The third-order valence-corrected chi connectivity index (χ3v) is 4.48. The summed E-state index contributed by atoms with van der Waals surface area (Å²) in [4.78, 5) is 21.1. The van der Waals surface area contributed by atoms with Crippen molar-refractivity contribution in [1.82, 2.24) is 4.57 Å². The van der Waals surface area contributed by atoms with Crippen molar-refractivity contribution in [3.8, 4) is 5.75 Å². The maximum absolute atomic E-state index is 11.9. The van der Waals surface area contributed by atoms with Crippen LogP contribution < -0.4 is 11.2 Å². The van der Waals surface area contributed by atoms with Crippen LogP contribution in [0.15, 0.2) is 41.2 Å². The van der Waals surface area contributed by atoms with Crippen molar-refractivity contribution in [2.24, 2.45) is 12.8 Å². The molecule has 9 heteroatoms. The van der Waals surface area contributed by atoms with Gasteiger partial charge in [-0.2, -0.15) is 0 Å². The molecule has 0 aliphatic carbocycles. The molecule has 0 amide bonds. The Hall–Kier alpha value is -2.49. The highest BCUT2D eigenvalue weighted by molar-refractivity contribution is 7.80. The second kappa shape index (κ2) is 5.95. The highest BCUT2D eigenvalue weighted by Crippen LogP contribution is 2.30. The summed E-state index contributed by atoms with van der Waals surface area (Å²) >= 11 is -2.67. The number of hydrogen-bond donors (Lipinski definition) is 4. The Morgan fingerprint density at radius 2 is 1.87 bits per heavy atom. The van der Waals surface area contributed by atoms with Gasteiger partial charge in [-0.1, -0.05) is 30.3 Å². The van der Waals surface area contributed by atoms with Crippen molar-refractivity contribution in [2.75, 3.05) is 0 Å². The number of aromatic carboxylic acids is 1. The Morgan fingerprint density at radius 1 is 1.30 bits per heavy atom. The molecule has 2 atom stereocenters. The second-order valence-corrected chi connectivity index (χ2v) is 5.95. The minimum absolute atomic E-state index is 0.206. The Morgan fingerprint density at radius 3 is 2.35 bits per heavy atom. The molecule has 5 N–H and O–H groups in total. The topological polar surface area (TPSA) is 143 Å². The van der Waals surface area contributed by atoms with E-state index in [4.69, 9.17) is 5.73 Å². The predicted octanol–water partition coefficient (Wildman–Crippen LogP) is 0.171. The standard InChI is InChI=1S/C14H14N2O6S/c1-16-10(7-9(17)12(18)11(16)13(19)20)14(15,23(21)22)8-5-3-2-4-6-8/h2-7,18H,15H2,1H3,(H,19,20)(H,21,22). The summed E-state index contributed by atoms with van der Waals surface area (Å²) in [6.45, 7) is 0. The summed E-state index contributed by atoms with van der Waals surface area (Å²) in [7, 11) is 1.23.